The highest BCUT2D eigenvalue weighted by Gasteiger charge is 2.29. The van der Waals surface area contributed by atoms with Gasteiger partial charge in [-0.3, -0.25) is 4.79 Å². The summed E-state index contributed by atoms with van der Waals surface area (Å²) >= 11 is 11.6. The summed E-state index contributed by atoms with van der Waals surface area (Å²) in [6, 6.07) is 9.96. The van der Waals surface area contributed by atoms with E-state index in [0.717, 1.165) is 41.4 Å². The van der Waals surface area contributed by atoms with Crippen LogP contribution >= 0.6 is 23.2 Å². The number of hydrogen-bond donors (Lipinski definition) is 0. The van der Waals surface area contributed by atoms with Gasteiger partial charge in [0.1, 0.15) is 5.82 Å². The Hall–Kier alpha value is -1.85. The summed E-state index contributed by atoms with van der Waals surface area (Å²) in [4.78, 5) is 24.6. The molecule has 1 aromatic carbocycles. The Morgan fingerprint density at radius 2 is 2.00 bits per heavy atom. The van der Waals surface area contributed by atoms with Crippen LogP contribution in [0.5, 0.6) is 0 Å². The lowest BCUT2D eigenvalue weighted by Gasteiger charge is -2.32. The van der Waals surface area contributed by atoms with Gasteiger partial charge in [-0.15, -0.1) is 0 Å². The average Bonchev–Trinajstić information content (AvgIpc) is 2.66. The first-order chi connectivity index (χ1) is 12.5. The fraction of sp³-hybridized carbons (Fsp3) is 0.421. The van der Waals surface area contributed by atoms with E-state index in [9.17, 15) is 4.79 Å². The van der Waals surface area contributed by atoms with E-state index in [1.54, 1.807) is 4.90 Å². The summed E-state index contributed by atoms with van der Waals surface area (Å²) < 4.78 is 0. The Morgan fingerprint density at radius 3 is 2.65 bits per heavy atom. The van der Waals surface area contributed by atoms with Crippen LogP contribution in [0.3, 0.4) is 0 Å². The van der Waals surface area contributed by atoms with Crippen LogP contribution in [-0.2, 0) is 17.8 Å². The highest BCUT2D eigenvalue weighted by molar-refractivity contribution is 6.53. The molecule has 0 saturated carbocycles. The number of rotatable bonds is 5. The Balaban J connectivity index is 2.03. The molecule has 7 heteroatoms. The van der Waals surface area contributed by atoms with Crippen molar-refractivity contribution in [2.24, 2.45) is 0 Å². The van der Waals surface area contributed by atoms with E-state index in [1.807, 2.05) is 37.4 Å². The molecule has 2 heterocycles. The van der Waals surface area contributed by atoms with Crippen molar-refractivity contribution >= 4 is 34.9 Å². The number of halogens is 2. The van der Waals surface area contributed by atoms with Crippen LogP contribution in [0.1, 0.15) is 24.6 Å². The summed E-state index contributed by atoms with van der Waals surface area (Å²) in [5.41, 5.74) is 2.96. The lowest BCUT2D eigenvalue weighted by Crippen LogP contribution is -2.40. The van der Waals surface area contributed by atoms with Gasteiger partial charge in [0.05, 0.1) is 12.2 Å². The van der Waals surface area contributed by atoms with Gasteiger partial charge in [-0.05, 0) is 6.42 Å². The third-order valence-corrected chi connectivity index (χ3v) is 4.86. The largest absolute Gasteiger partial charge is 0.359 e. The highest BCUT2D eigenvalue weighted by atomic mass is 35.5. The first-order valence-electron chi connectivity index (χ1n) is 8.74. The van der Waals surface area contributed by atoms with E-state index in [4.69, 9.17) is 33.2 Å². The summed E-state index contributed by atoms with van der Waals surface area (Å²) in [6.07, 6.45) is 1.67. The van der Waals surface area contributed by atoms with Gasteiger partial charge in [-0.1, -0.05) is 60.5 Å². The number of hydrogen-bond acceptors (Lipinski definition) is 4. The van der Waals surface area contributed by atoms with Crippen LogP contribution in [0.25, 0.3) is 11.4 Å². The van der Waals surface area contributed by atoms with Gasteiger partial charge in [0.15, 0.2) is 10.7 Å². The van der Waals surface area contributed by atoms with E-state index in [1.165, 1.54) is 0 Å². The molecule has 0 spiro atoms. The first kappa shape index (κ1) is 18.9. The Bertz CT molecular complexity index is 783. The summed E-state index contributed by atoms with van der Waals surface area (Å²) in [5.74, 6) is 1.32. The van der Waals surface area contributed by atoms with Crippen LogP contribution in [0.2, 0.25) is 0 Å². The molecule has 0 atom stereocenters. The van der Waals surface area contributed by atoms with E-state index < -0.39 is 4.84 Å². The molecule has 0 N–H and O–H groups in total. The van der Waals surface area contributed by atoms with Crippen LogP contribution in [0, 0.1) is 0 Å². The van der Waals surface area contributed by atoms with Crippen molar-refractivity contribution in [2.45, 2.75) is 31.1 Å². The molecule has 5 nitrogen and oxygen atoms in total. The van der Waals surface area contributed by atoms with Crippen molar-refractivity contribution in [1.82, 2.24) is 14.9 Å². The van der Waals surface area contributed by atoms with E-state index >= 15 is 0 Å². The van der Waals surface area contributed by atoms with Gasteiger partial charge in [0.2, 0.25) is 0 Å². The fourth-order valence-electron chi connectivity index (χ4n) is 3.20. The first-order valence-corrected chi connectivity index (χ1v) is 9.61. The highest BCUT2D eigenvalue weighted by Crippen LogP contribution is 2.30. The number of alkyl halides is 2. The summed E-state index contributed by atoms with van der Waals surface area (Å²) in [7, 11) is 2.02. The number of fused-ring (bicyclic) bond motifs is 1. The van der Waals surface area contributed by atoms with Crippen LogP contribution in [-0.4, -0.2) is 45.7 Å². The maximum Gasteiger partial charge on any atom is 0.256 e. The predicted octanol–water partition coefficient (Wildman–Crippen LogP) is 3.68. The number of amides is 1. The minimum Gasteiger partial charge on any atom is -0.359 e. The molecule has 0 saturated heterocycles. The average molecular weight is 393 g/mol. The molecule has 138 valence electrons. The molecule has 1 aliphatic rings. The van der Waals surface area contributed by atoms with Crippen molar-refractivity contribution in [3.8, 4) is 11.4 Å². The predicted molar refractivity (Wildman–Crippen MR) is 106 cm³/mol. The molecule has 0 fully saturated rings. The second-order valence-corrected chi connectivity index (χ2v) is 7.49. The molecule has 3 rings (SSSR count). The van der Waals surface area contributed by atoms with E-state index in [0.29, 0.717) is 19.5 Å². The second kappa shape index (κ2) is 8.23. The lowest BCUT2D eigenvalue weighted by atomic mass is 10.0. The quantitative estimate of drug-likeness (QED) is 0.728. The SMILES string of the molecule is CCCN(C)c1nc(-c2ccccc2)nc2c1CN(C(=O)C(Cl)Cl)CC2. The van der Waals surface area contributed by atoms with Crippen LogP contribution < -0.4 is 4.90 Å². The molecule has 0 aliphatic carbocycles. The van der Waals surface area contributed by atoms with Crippen LogP contribution in [0.4, 0.5) is 5.82 Å². The molecule has 0 unspecified atom stereocenters. The van der Waals surface area contributed by atoms with Gasteiger partial charge < -0.3 is 9.80 Å². The molecule has 0 bridgehead atoms. The van der Waals surface area contributed by atoms with E-state index in [2.05, 4.69) is 11.8 Å². The molecule has 0 radical (unpaired) electrons. The zero-order valence-electron chi connectivity index (χ0n) is 15.0. The summed E-state index contributed by atoms with van der Waals surface area (Å²) in [5, 5.41) is 0. The maximum atomic E-state index is 12.2. The fourth-order valence-corrected chi connectivity index (χ4v) is 3.47. The van der Waals surface area contributed by atoms with Crippen LogP contribution in [0.15, 0.2) is 30.3 Å². The molecular formula is C19H22Cl2N4O. The van der Waals surface area contributed by atoms with Gasteiger partial charge >= 0.3 is 0 Å². The summed E-state index contributed by atoms with van der Waals surface area (Å²) in [6.45, 7) is 4.00. The number of benzene rings is 1. The smallest absolute Gasteiger partial charge is 0.256 e. The van der Waals surface area contributed by atoms with Crippen molar-refractivity contribution in [3.05, 3.63) is 41.6 Å². The molecular weight excluding hydrogens is 371 g/mol. The normalized spacial score (nSPS) is 13.7. The van der Waals surface area contributed by atoms with Gasteiger partial charge in [-0.2, -0.15) is 0 Å². The third kappa shape index (κ3) is 3.94. The van der Waals surface area contributed by atoms with Crippen molar-refractivity contribution in [3.63, 3.8) is 0 Å². The monoisotopic (exact) mass is 392 g/mol. The Morgan fingerprint density at radius 1 is 1.27 bits per heavy atom. The lowest BCUT2D eigenvalue weighted by molar-refractivity contribution is -0.130. The van der Waals surface area contributed by atoms with Gasteiger partial charge in [-0.25, -0.2) is 9.97 Å². The number of aromatic nitrogens is 2. The topological polar surface area (TPSA) is 49.3 Å². The number of anilines is 1. The zero-order valence-corrected chi connectivity index (χ0v) is 16.5. The maximum absolute atomic E-state index is 12.2. The number of nitrogens with zero attached hydrogens (tertiary/aromatic N) is 4. The van der Waals surface area contributed by atoms with Gasteiger partial charge in [0.25, 0.3) is 5.91 Å². The van der Waals surface area contributed by atoms with E-state index in [-0.39, 0.29) is 5.91 Å². The van der Waals surface area contributed by atoms with Crippen molar-refractivity contribution in [1.29, 1.82) is 0 Å². The zero-order chi connectivity index (χ0) is 18.7. The molecule has 1 aliphatic heterocycles. The Labute approximate surface area is 163 Å². The standard InChI is InChI=1S/C19H22Cl2N4O/c1-3-10-24(2)18-14-12-25(19(26)16(20)21)11-9-15(14)22-17(23-18)13-7-5-4-6-8-13/h4-8,16H,3,9-12H2,1-2H3. The van der Waals surface area contributed by atoms with Gasteiger partial charge in [0, 0.05) is 37.7 Å². The second-order valence-electron chi connectivity index (χ2n) is 6.39. The Kier molecular flexibility index (Phi) is 5.99. The number of carbonyl (C=O) groups is 1. The van der Waals surface area contributed by atoms with Crippen molar-refractivity contribution < 1.29 is 4.79 Å². The minimum atomic E-state index is -1.04. The third-order valence-electron chi connectivity index (χ3n) is 4.49. The molecule has 1 aromatic heterocycles. The molecule has 1 amide bonds. The number of carbonyl (C=O) groups excluding carboxylic acids is 1. The van der Waals surface area contributed by atoms with Crippen molar-refractivity contribution in [2.75, 3.05) is 25.0 Å². The molecule has 26 heavy (non-hydrogen) atoms. The molecule has 2 aromatic rings. The minimum absolute atomic E-state index is 0.268.